The van der Waals surface area contributed by atoms with Gasteiger partial charge in [0.1, 0.15) is 11.4 Å². The highest BCUT2D eigenvalue weighted by atomic mass is 16.2. The number of hydrogen-bond donors (Lipinski definition) is 1. The highest BCUT2D eigenvalue weighted by molar-refractivity contribution is 6.15. The molecule has 6 heteroatoms. The summed E-state index contributed by atoms with van der Waals surface area (Å²) < 4.78 is 0. The SMILES string of the molecule is O=C(c1ccncc1)N1C[C@H]2CC[C@@]3(N=C(c4ccccc4)NC3=O)[C@H]2C1. The Balaban J connectivity index is 1.42. The van der Waals surface area contributed by atoms with E-state index in [0.29, 0.717) is 30.4 Å². The van der Waals surface area contributed by atoms with E-state index < -0.39 is 5.54 Å². The van der Waals surface area contributed by atoms with Gasteiger partial charge < -0.3 is 10.2 Å². The van der Waals surface area contributed by atoms with Gasteiger partial charge in [-0.05, 0) is 30.9 Å². The number of carbonyl (C=O) groups is 2. The average molecular weight is 360 g/mol. The Kier molecular flexibility index (Phi) is 3.60. The van der Waals surface area contributed by atoms with Crippen LogP contribution in [-0.2, 0) is 4.79 Å². The Bertz CT molecular complexity index is 928. The third-order valence-electron chi connectivity index (χ3n) is 6.15. The van der Waals surface area contributed by atoms with Gasteiger partial charge in [-0.2, -0.15) is 0 Å². The summed E-state index contributed by atoms with van der Waals surface area (Å²) >= 11 is 0. The lowest BCUT2D eigenvalue weighted by Gasteiger charge is -2.25. The van der Waals surface area contributed by atoms with Crippen LogP contribution in [0.4, 0.5) is 0 Å². The molecule has 5 rings (SSSR count). The standard InChI is InChI=1S/C21H20N4O2/c26-19(15-7-10-22-11-8-15)25-12-16-6-9-21(17(16)13-25)20(27)23-18(24-21)14-4-2-1-3-5-14/h1-5,7-8,10-11,16-17H,6,9,12-13H2,(H,23,24,27)/t16-,17+,21-/m1/s1. The quantitative estimate of drug-likeness (QED) is 0.889. The van der Waals surface area contributed by atoms with E-state index in [4.69, 9.17) is 4.99 Å². The van der Waals surface area contributed by atoms with Gasteiger partial charge in [-0.25, -0.2) is 0 Å². The van der Waals surface area contributed by atoms with Gasteiger partial charge in [-0.15, -0.1) is 0 Å². The van der Waals surface area contributed by atoms with Crippen molar-refractivity contribution in [1.82, 2.24) is 15.2 Å². The number of likely N-dealkylation sites (tertiary alicyclic amines) is 1. The van der Waals surface area contributed by atoms with Crippen molar-refractivity contribution >= 4 is 17.6 Å². The molecule has 6 nitrogen and oxygen atoms in total. The van der Waals surface area contributed by atoms with Crippen LogP contribution in [0.25, 0.3) is 0 Å². The van der Waals surface area contributed by atoms with Crippen LogP contribution in [0.15, 0.2) is 59.9 Å². The number of amidine groups is 1. The molecular weight excluding hydrogens is 340 g/mol. The average Bonchev–Trinajstić information content (AvgIpc) is 3.38. The first kappa shape index (κ1) is 16.2. The van der Waals surface area contributed by atoms with Crippen molar-refractivity contribution in [1.29, 1.82) is 0 Å². The Morgan fingerprint density at radius 2 is 1.89 bits per heavy atom. The molecule has 2 aliphatic heterocycles. The lowest BCUT2D eigenvalue weighted by Crippen LogP contribution is -2.45. The third-order valence-corrected chi connectivity index (χ3v) is 6.15. The van der Waals surface area contributed by atoms with Crippen molar-refractivity contribution in [3.8, 4) is 0 Å². The molecule has 3 aliphatic rings. The van der Waals surface area contributed by atoms with Crippen molar-refractivity contribution in [2.45, 2.75) is 18.4 Å². The topological polar surface area (TPSA) is 74.7 Å². The first-order valence-corrected chi connectivity index (χ1v) is 9.33. The van der Waals surface area contributed by atoms with E-state index >= 15 is 0 Å². The zero-order valence-corrected chi connectivity index (χ0v) is 14.8. The Morgan fingerprint density at radius 3 is 2.67 bits per heavy atom. The molecule has 3 heterocycles. The number of benzene rings is 1. The molecule has 2 fully saturated rings. The van der Waals surface area contributed by atoms with Gasteiger partial charge >= 0.3 is 0 Å². The van der Waals surface area contributed by atoms with E-state index in [-0.39, 0.29) is 17.7 Å². The van der Waals surface area contributed by atoms with Gasteiger partial charge in [0.05, 0.1) is 0 Å². The van der Waals surface area contributed by atoms with Crippen molar-refractivity contribution in [3.05, 3.63) is 66.0 Å². The summed E-state index contributed by atoms with van der Waals surface area (Å²) in [6, 6.07) is 13.2. The monoisotopic (exact) mass is 360 g/mol. The van der Waals surface area contributed by atoms with E-state index in [1.54, 1.807) is 24.5 Å². The van der Waals surface area contributed by atoms with Gasteiger partial charge in [0.2, 0.25) is 0 Å². The Hall–Kier alpha value is -3.02. The second-order valence-corrected chi connectivity index (χ2v) is 7.56. The predicted molar refractivity (Wildman–Crippen MR) is 100 cm³/mol. The molecule has 2 amide bonds. The Labute approximate surface area is 157 Å². The minimum Gasteiger partial charge on any atom is -0.338 e. The van der Waals surface area contributed by atoms with Gasteiger partial charge in [0.15, 0.2) is 0 Å². The number of rotatable bonds is 2. The van der Waals surface area contributed by atoms with Crippen LogP contribution < -0.4 is 5.32 Å². The van der Waals surface area contributed by atoms with E-state index in [1.807, 2.05) is 35.2 Å². The van der Waals surface area contributed by atoms with Gasteiger partial charge in [0, 0.05) is 42.5 Å². The zero-order valence-electron chi connectivity index (χ0n) is 14.8. The highest BCUT2D eigenvalue weighted by Gasteiger charge is 2.59. The lowest BCUT2D eigenvalue weighted by molar-refractivity contribution is -0.124. The van der Waals surface area contributed by atoms with Crippen LogP contribution in [-0.4, -0.2) is 46.2 Å². The normalized spacial score (nSPS) is 29.0. The molecular formula is C21H20N4O2. The van der Waals surface area contributed by atoms with Crippen molar-refractivity contribution in [3.63, 3.8) is 0 Å². The molecule has 2 aromatic rings. The minimum absolute atomic E-state index is 0.00705. The summed E-state index contributed by atoms with van der Waals surface area (Å²) in [7, 11) is 0. The van der Waals surface area contributed by atoms with Crippen LogP contribution in [0.5, 0.6) is 0 Å². The highest BCUT2D eigenvalue weighted by Crippen LogP contribution is 2.49. The van der Waals surface area contributed by atoms with Crippen LogP contribution in [0.3, 0.4) is 0 Å². The molecule has 136 valence electrons. The first-order chi connectivity index (χ1) is 13.2. The predicted octanol–water partition coefficient (Wildman–Crippen LogP) is 1.88. The molecule has 1 saturated heterocycles. The maximum Gasteiger partial charge on any atom is 0.253 e. The largest absolute Gasteiger partial charge is 0.338 e. The molecule has 1 aliphatic carbocycles. The van der Waals surface area contributed by atoms with Crippen LogP contribution >= 0.6 is 0 Å². The molecule has 0 unspecified atom stereocenters. The van der Waals surface area contributed by atoms with Crippen molar-refractivity contribution in [2.24, 2.45) is 16.8 Å². The second-order valence-electron chi connectivity index (χ2n) is 7.56. The molecule has 1 spiro atoms. The molecule has 0 bridgehead atoms. The second kappa shape index (κ2) is 6.01. The summed E-state index contributed by atoms with van der Waals surface area (Å²) in [5, 5.41) is 2.99. The van der Waals surface area contributed by atoms with Crippen molar-refractivity contribution < 1.29 is 9.59 Å². The fourth-order valence-corrected chi connectivity index (χ4v) is 4.79. The number of hydrogen-bond acceptors (Lipinski definition) is 4. The zero-order chi connectivity index (χ0) is 18.4. The van der Waals surface area contributed by atoms with E-state index in [2.05, 4.69) is 10.3 Å². The smallest absolute Gasteiger partial charge is 0.253 e. The summed E-state index contributed by atoms with van der Waals surface area (Å²) in [6.07, 6.45) is 4.94. The van der Waals surface area contributed by atoms with Gasteiger partial charge in [-0.1, -0.05) is 30.3 Å². The lowest BCUT2D eigenvalue weighted by atomic mass is 9.85. The van der Waals surface area contributed by atoms with Gasteiger partial charge in [-0.3, -0.25) is 19.6 Å². The summed E-state index contributed by atoms with van der Waals surface area (Å²) in [5.41, 5.74) is 0.834. The summed E-state index contributed by atoms with van der Waals surface area (Å²) in [6.45, 7) is 1.27. The van der Waals surface area contributed by atoms with Crippen LogP contribution in [0.2, 0.25) is 0 Å². The molecule has 1 aromatic carbocycles. The van der Waals surface area contributed by atoms with Crippen LogP contribution in [0, 0.1) is 11.8 Å². The number of nitrogens with one attached hydrogen (secondary N) is 1. The Morgan fingerprint density at radius 1 is 1.11 bits per heavy atom. The molecule has 0 radical (unpaired) electrons. The maximum atomic E-state index is 12.9. The summed E-state index contributed by atoms with van der Waals surface area (Å²) in [5.74, 6) is 1.03. The number of nitrogens with zero attached hydrogens (tertiary/aromatic N) is 3. The van der Waals surface area contributed by atoms with E-state index in [0.717, 1.165) is 18.4 Å². The first-order valence-electron chi connectivity index (χ1n) is 9.33. The number of carbonyl (C=O) groups excluding carboxylic acids is 2. The third kappa shape index (κ3) is 2.47. The fourth-order valence-electron chi connectivity index (χ4n) is 4.79. The number of fused-ring (bicyclic) bond motifs is 2. The van der Waals surface area contributed by atoms with E-state index in [1.165, 1.54) is 0 Å². The molecule has 1 aromatic heterocycles. The molecule has 1 N–H and O–H groups in total. The number of aliphatic imine (C=N–C) groups is 1. The van der Waals surface area contributed by atoms with Crippen LogP contribution in [0.1, 0.15) is 28.8 Å². The van der Waals surface area contributed by atoms with E-state index in [9.17, 15) is 9.59 Å². The molecule has 27 heavy (non-hydrogen) atoms. The number of pyridine rings is 1. The fraction of sp³-hybridized carbons (Fsp3) is 0.333. The maximum absolute atomic E-state index is 12.9. The molecule has 1 saturated carbocycles. The number of aromatic nitrogens is 1. The summed E-state index contributed by atoms with van der Waals surface area (Å²) in [4.78, 5) is 36.5. The molecule has 3 atom stereocenters. The number of amides is 2. The minimum atomic E-state index is -0.733. The van der Waals surface area contributed by atoms with Gasteiger partial charge in [0.25, 0.3) is 11.8 Å². The van der Waals surface area contributed by atoms with Crippen molar-refractivity contribution in [2.75, 3.05) is 13.1 Å².